The highest BCUT2D eigenvalue weighted by atomic mass is 14.9. The number of nitrogen functional groups attached to an aromatic ring is 1. The van der Waals surface area contributed by atoms with Gasteiger partial charge in [-0.2, -0.15) is 0 Å². The third kappa shape index (κ3) is 3.16. The minimum Gasteiger partial charge on any atom is -0.383 e. The summed E-state index contributed by atoms with van der Waals surface area (Å²) in [7, 11) is 0. The van der Waals surface area contributed by atoms with Gasteiger partial charge in [0.25, 0.3) is 0 Å². The summed E-state index contributed by atoms with van der Waals surface area (Å²) in [5.74, 6) is 0.647. The molecule has 0 aliphatic rings. The second-order valence-electron chi connectivity index (χ2n) is 5.41. The SMILES string of the molecule is CCCCc1nc(N)c(CC=C(C)C)c2cccnc12. The third-order valence-corrected chi connectivity index (χ3v) is 3.45. The van der Waals surface area contributed by atoms with E-state index in [-0.39, 0.29) is 0 Å². The van der Waals surface area contributed by atoms with Crippen molar-refractivity contribution in [3.05, 3.63) is 41.2 Å². The number of fused-ring (bicyclic) bond motifs is 1. The number of aryl methyl sites for hydroxylation is 1. The van der Waals surface area contributed by atoms with Crippen LogP contribution < -0.4 is 5.73 Å². The first-order valence-corrected chi connectivity index (χ1v) is 7.28. The maximum atomic E-state index is 6.18. The van der Waals surface area contributed by atoms with Crippen LogP contribution in [0, 0.1) is 0 Å². The smallest absolute Gasteiger partial charge is 0.127 e. The van der Waals surface area contributed by atoms with E-state index in [9.17, 15) is 0 Å². The summed E-state index contributed by atoms with van der Waals surface area (Å²) in [5.41, 5.74) is 10.6. The van der Waals surface area contributed by atoms with Crippen molar-refractivity contribution in [3.8, 4) is 0 Å². The van der Waals surface area contributed by atoms with E-state index in [0.29, 0.717) is 5.82 Å². The van der Waals surface area contributed by atoms with Gasteiger partial charge < -0.3 is 5.73 Å². The average molecular weight is 269 g/mol. The van der Waals surface area contributed by atoms with Gasteiger partial charge in [0.05, 0.1) is 11.2 Å². The molecule has 2 N–H and O–H groups in total. The lowest BCUT2D eigenvalue weighted by Crippen LogP contribution is -2.04. The van der Waals surface area contributed by atoms with Crippen LogP contribution in [0.2, 0.25) is 0 Å². The molecule has 2 aromatic rings. The highest BCUT2D eigenvalue weighted by molar-refractivity contribution is 5.87. The van der Waals surface area contributed by atoms with Crippen LogP contribution in [-0.2, 0) is 12.8 Å². The lowest BCUT2D eigenvalue weighted by Gasteiger charge is -2.11. The molecule has 20 heavy (non-hydrogen) atoms. The first-order valence-electron chi connectivity index (χ1n) is 7.28. The monoisotopic (exact) mass is 269 g/mol. The number of hydrogen-bond donors (Lipinski definition) is 1. The van der Waals surface area contributed by atoms with Crippen LogP contribution in [0.1, 0.15) is 44.9 Å². The van der Waals surface area contributed by atoms with Gasteiger partial charge in [-0.15, -0.1) is 0 Å². The number of hydrogen-bond acceptors (Lipinski definition) is 3. The molecule has 0 radical (unpaired) electrons. The van der Waals surface area contributed by atoms with Gasteiger partial charge >= 0.3 is 0 Å². The number of allylic oxidation sites excluding steroid dienone is 2. The summed E-state index contributed by atoms with van der Waals surface area (Å²) < 4.78 is 0. The third-order valence-electron chi connectivity index (χ3n) is 3.45. The molecule has 3 heteroatoms. The Kier molecular flexibility index (Phi) is 4.72. The molecular formula is C17H23N3. The molecule has 0 bridgehead atoms. The fourth-order valence-corrected chi connectivity index (χ4v) is 2.32. The van der Waals surface area contributed by atoms with Crippen molar-refractivity contribution in [1.82, 2.24) is 9.97 Å². The normalized spacial score (nSPS) is 10.8. The minimum atomic E-state index is 0.647. The lowest BCUT2D eigenvalue weighted by atomic mass is 10.0. The van der Waals surface area contributed by atoms with Gasteiger partial charge in [0, 0.05) is 17.1 Å². The topological polar surface area (TPSA) is 51.8 Å². The largest absolute Gasteiger partial charge is 0.383 e. The number of unbranched alkanes of at least 4 members (excludes halogenated alkanes) is 1. The summed E-state index contributed by atoms with van der Waals surface area (Å²) in [5, 5.41) is 1.14. The van der Waals surface area contributed by atoms with Crippen LogP contribution in [0.15, 0.2) is 30.0 Å². The van der Waals surface area contributed by atoms with Crippen LogP contribution in [0.5, 0.6) is 0 Å². The average Bonchev–Trinajstić information content (AvgIpc) is 2.43. The van der Waals surface area contributed by atoms with Crippen LogP contribution in [0.4, 0.5) is 5.82 Å². The molecule has 0 saturated heterocycles. The van der Waals surface area contributed by atoms with Crippen LogP contribution >= 0.6 is 0 Å². The highest BCUT2D eigenvalue weighted by Crippen LogP contribution is 2.25. The summed E-state index contributed by atoms with van der Waals surface area (Å²) >= 11 is 0. The molecule has 0 amide bonds. The number of nitrogens with zero attached hydrogens (tertiary/aromatic N) is 2. The number of rotatable bonds is 5. The van der Waals surface area contributed by atoms with Crippen LogP contribution in [-0.4, -0.2) is 9.97 Å². The van der Waals surface area contributed by atoms with E-state index in [4.69, 9.17) is 5.73 Å². The van der Waals surface area contributed by atoms with Gasteiger partial charge in [0.1, 0.15) is 5.82 Å². The molecule has 0 saturated carbocycles. The van der Waals surface area contributed by atoms with Gasteiger partial charge in [0.2, 0.25) is 0 Å². The Morgan fingerprint density at radius 1 is 1.35 bits per heavy atom. The summed E-state index contributed by atoms with van der Waals surface area (Å²) in [4.78, 5) is 9.13. The van der Waals surface area contributed by atoms with Crippen molar-refractivity contribution >= 4 is 16.7 Å². The molecule has 0 aliphatic carbocycles. The lowest BCUT2D eigenvalue weighted by molar-refractivity contribution is 0.781. The minimum absolute atomic E-state index is 0.647. The van der Waals surface area contributed by atoms with Gasteiger partial charge in [-0.1, -0.05) is 31.1 Å². The standard InChI is InChI=1S/C17H23N3/c1-4-5-8-15-16-13(7-6-11-19-16)14(17(18)20-15)10-9-12(2)3/h6-7,9,11H,4-5,8,10H2,1-3H3,(H2,18,20). The molecule has 0 fully saturated rings. The van der Waals surface area contributed by atoms with E-state index >= 15 is 0 Å². The summed E-state index contributed by atoms with van der Waals surface area (Å²) in [6, 6.07) is 4.07. The molecule has 2 heterocycles. The fourth-order valence-electron chi connectivity index (χ4n) is 2.32. The zero-order chi connectivity index (χ0) is 14.5. The van der Waals surface area contributed by atoms with E-state index in [1.807, 2.05) is 12.3 Å². The van der Waals surface area contributed by atoms with E-state index < -0.39 is 0 Å². The van der Waals surface area contributed by atoms with Gasteiger partial charge in [-0.25, -0.2) is 4.98 Å². The maximum Gasteiger partial charge on any atom is 0.127 e. The first kappa shape index (κ1) is 14.5. The number of aromatic nitrogens is 2. The number of nitrogens with two attached hydrogens (primary N) is 1. The molecule has 0 atom stereocenters. The number of anilines is 1. The molecule has 3 nitrogen and oxygen atoms in total. The fraction of sp³-hybridized carbons (Fsp3) is 0.412. The Morgan fingerprint density at radius 3 is 2.85 bits per heavy atom. The Hall–Kier alpha value is -1.90. The maximum absolute atomic E-state index is 6.18. The molecule has 0 aliphatic heterocycles. The van der Waals surface area contributed by atoms with Crippen molar-refractivity contribution in [2.75, 3.05) is 5.73 Å². The molecule has 2 rings (SSSR count). The second kappa shape index (κ2) is 6.51. The van der Waals surface area contributed by atoms with Crippen LogP contribution in [0.3, 0.4) is 0 Å². The first-order chi connectivity index (χ1) is 9.63. The highest BCUT2D eigenvalue weighted by Gasteiger charge is 2.11. The van der Waals surface area contributed by atoms with Gasteiger partial charge in [-0.05, 0) is 39.2 Å². The summed E-state index contributed by atoms with van der Waals surface area (Å²) in [6.07, 6.45) is 8.04. The zero-order valence-electron chi connectivity index (χ0n) is 12.6. The van der Waals surface area contributed by atoms with Crippen molar-refractivity contribution in [3.63, 3.8) is 0 Å². The van der Waals surface area contributed by atoms with Crippen LogP contribution in [0.25, 0.3) is 10.9 Å². The molecule has 0 aromatic carbocycles. The van der Waals surface area contributed by atoms with E-state index in [0.717, 1.165) is 47.8 Å². The predicted molar refractivity (Wildman–Crippen MR) is 85.7 cm³/mol. The predicted octanol–water partition coefficient (Wildman–Crippen LogP) is 4.06. The van der Waals surface area contributed by atoms with E-state index in [1.165, 1.54) is 5.57 Å². The molecule has 106 valence electrons. The van der Waals surface area contributed by atoms with Gasteiger partial charge in [-0.3, -0.25) is 4.98 Å². The number of pyridine rings is 2. The van der Waals surface area contributed by atoms with Crippen molar-refractivity contribution in [1.29, 1.82) is 0 Å². The Bertz CT molecular complexity index is 625. The second-order valence-corrected chi connectivity index (χ2v) is 5.41. The zero-order valence-corrected chi connectivity index (χ0v) is 12.6. The van der Waals surface area contributed by atoms with Crippen molar-refractivity contribution in [2.45, 2.75) is 46.5 Å². The van der Waals surface area contributed by atoms with Crippen molar-refractivity contribution in [2.24, 2.45) is 0 Å². The molecular weight excluding hydrogens is 246 g/mol. The molecule has 2 aromatic heterocycles. The molecule has 0 unspecified atom stereocenters. The van der Waals surface area contributed by atoms with E-state index in [1.54, 1.807) is 0 Å². The quantitative estimate of drug-likeness (QED) is 0.833. The Balaban J connectivity index is 2.54. The van der Waals surface area contributed by atoms with Crippen molar-refractivity contribution < 1.29 is 0 Å². The summed E-state index contributed by atoms with van der Waals surface area (Å²) in [6.45, 7) is 6.38. The Morgan fingerprint density at radius 2 is 2.15 bits per heavy atom. The Labute approximate surface area is 120 Å². The molecule has 0 spiro atoms. The van der Waals surface area contributed by atoms with E-state index in [2.05, 4.69) is 42.9 Å². The van der Waals surface area contributed by atoms with Gasteiger partial charge in [0.15, 0.2) is 0 Å².